The van der Waals surface area contributed by atoms with E-state index in [-0.39, 0.29) is 11.8 Å². The van der Waals surface area contributed by atoms with E-state index in [4.69, 9.17) is 9.78 Å². The van der Waals surface area contributed by atoms with Crippen LogP contribution in [0.1, 0.15) is 24.1 Å². The Kier molecular flexibility index (Phi) is 2.22. The lowest BCUT2D eigenvalue weighted by molar-refractivity contribution is 0.348. The Balaban J connectivity index is 2.01. The van der Waals surface area contributed by atoms with Crippen molar-refractivity contribution in [1.82, 2.24) is 15.0 Å². The first-order valence-corrected chi connectivity index (χ1v) is 4.57. The van der Waals surface area contributed by atoms with Crippen LogP contribution in [-0.2, 0) is 6.54 Å². The van der Waals surface area contributed by atoms with E-state index < -0.39 is 0 Å². The lowest BCUT2D eigenvalue weighted by Crippen LogP contribution is -2.11. The Bertz CT molecular complexity index is 365. The molecule has 2 atom stereocenters. The molecule has 0 aliphatic heterocycles. The van der Waals surface area contributed by atoms with Crippen molar-refractivity contribution in [1.29, 1.82) is 5.26 Å². The van der Waals surface area contributed by atoms with Gasteiger partial charge in [0.1, 0.15) is 0 Å². The Morgan fingerprint density at radius 2 is 2.43 bits per heavy atom. The molecule has 0 saturated heterocycles. The van der Waals surface area contributed by atoms with Gasteiger partial charge in [-0.15, -0.1) is 0 Å². The van der Waals surface area contributed by atoms with E-state index in [9.17, 15) is 0 Å². The van der Waals surface area contributed by atoms with Crippen LogP contribution in [0.5, 0.6) is 0 Å². The molecule has 1 aliphatic rings. The Hall–Kier alpha value is -1.41. The van der Waals surface area contributed by atoms with Crippen LogP contribution in [0.25, 0.3) is 0 Å². The van der Waals surface area contributed by atoms with E-state index in [1.54, 1.807) is 0 Å². The van der Waals surface area contributed by atoms with Gasteiger partial charge in [-0.2, -0.15) is 10.2 Å². The monoisotopic (exact) mass is 192 g/mol. The minimum atomic E-state index is 0.0858. The zero-order chi connectivity index (χ0) is 10.1. The van der Waals surface area contributed by atoms with Gasteiger partial charge >= 0.3 is 0 Å². The third-order valence-electron chi connectivity index (χ3n) is 2.21. The predicted octanol–water partition coefficient (Wildman–Crippen LogP) is 0.758. The minimum Gasteiger partial charge on any atom is -0.339 e. The van der Waals surface area contributed by atoms with Gasteiger partial charge in [-0.25, -0.2) is 0 Å². The van der Waals surface area contributed by atoms with Crippen LogP contribution >= 0.6 is 0 Å². The highest BCUT2D eigenvalue weighted by molar-refractivity contribution is 5.15. The average Bonchev–Trinajstić information content (AvgIpc) is 2.79. The molecular weight excluding hydrogens is 180 g/mol. The van der Waals surface area contributed by atoms with Crippen molar-refractivity contribution < 1.29 is 4.52 Å². The molecule has 0 radical (unpaired) electrons. The molecule has 1 fully saturated rings. The molecule has 1 aromatic rings. The lowest BCUT2D eigenvalue weighted by Gasteiger charge is -2.03. The second-order valence-corrected chi connectivity index (χ2v) is 3.86. The number of hydrogen-bond acceptors (Lipinski definition) is 5. The number of nitriles is 1. The van der Waals surface area contributed by atoms with E-state index in [1.807, 2.05) is 19.0 Å². The Morgan fingerprint density at radius 3 is 3.00 bits per heavy atom. The van der Waals surface area contributed by atoms with Crippen LogP contribution in [0.3, 0.4) is 0 Å². The summed E-state index contributed by atoms with van der Waals surface area (Å²) in [4.78, 5) is 6.22. The highest BCUT2D eigenvalue weighted by Crippen LogP contribution is 2.45. The molecular formula is C9H12N4O. The van der Waals surface area contributed by atoms with E-state index in [1.165, 1.54) is 0 Å². The number of rotatable bonds is 3. The molecule has 1 saturated carbocycles. The molecule has 1 heterocycles. The molecule has 2 unspecified atom stereocenters. The van der Waals surface area contributed by atoms with Crippen molar-refractivity contribution in [3.05, 3.63) is 11.7 Å². The summed E-state index contributed by atoms with van der Waals surface area (Å²) in [7, 11) is 3.90. The number of hydrogen-bond donors (Lipinski definition) is 0. The van der Waals surface area contributed by atoms with Crippen molar-refractivity contribution >= 4 is 0 Å². The molecule has 1 aliphatic carbocycles. The highest BCUT2D eigenvalue weighted by atomic mass is 16.5. The van der Waals surface area contributed by atoms with Crippen molar-refractivity contribution in [3.63, 3.8) is 0 Å². The molecule has 0 bridgehead atoms. The van der Waals surface area contributed by atoms with Gasteiger partial charge in [0.2, 0.25) is 5.89 Å². The lowest BCUT2D eigenvalue weighted by atomic mass is 10.3. The van der Waals surface area contributed by atoms with Crippen LogP contribution in [0.2, 0.25) is 0 Å². The molecule has 5 nitrogen and oxygen atoms in total. The summed E-state index contributed by atoms with van der Waals surface area (Å²) >= 11 is 0. The second kappa shape index (κ2) is 3.39. The highest BCUT2D eigenvalue weighted by Gasteiger charge is 2.43. The fourth-order valence-electron chi connectivity index (χ4n) is 1.38. The summed E-state index contributed by atoms with van der Waals surface area (Å²) in [6.45, 7) is 0.674. The van der Waals surface area contributed by atoms with E-state index in [2.05, 4.69) is 16.2 Å². The smallest absolute Gasteiger partial charge is 0.231 e. The molecule has 0 spiro atoms. The van der Waals surface area contributed by atoms with E-state index >= 15 is 0 Å². The topological polar surface area (TPSA) is 66.0 Å². The standard InChI is InChI=1S/C9H12N4O/c1-13(2)5-8-11-9(14-12-8)7-3-6(7)4-10/h6-7H,3,5H2,1-2H3. The summed E-state index contributed by atoms with van der Waals surface area (Å²) in [6.07, 6.45) is 0.861. The van der Waals surface area contributed by atoms with Gasteiger partial charge in [0.25, 0.3) is 0 Å². The van der Waals surface area contributed by atoms with Gasteiger partial charge in [-0.3, -0.25) is 0 Å². The SMILES string of the molecule is CN(C)Cc1noc(C2CC2C#N)n1. The van der Waals surface area contributed by atoms with Gasteiger partial charge in [0.05, 0.1) is 24.4 Å². The van der Waals surface area contributed by atoms with E-state index in [0.29, 0.717) is 18.3 Å². The van der Waals surface area contributed by atoms with Crippen molar-refractivity contribution in [2.24, 2.45) is 5.92 Å². The molecule has 1 aromatic heterocycles. The molecule has 5 heteroatoms. The van der Waals surface area contributed by atoms with Gasteiger partial charge in [0, 0.05) is 0 Å². The molecule has 0 amide bonds. The maximum Gasteiger partial charge on any atom is 0.231 e. The number of nitrogens with zero attached hydrogens (tertiary/aromatic N) is 4. The predicted molar refractivity (Wildman–Crippen MR) is 48.2 cm³/mol. The molecule has 74 valence electrons. The maximum absolute atomic E-state index is 8.64. The fourth-order valence-corrected chi connectivity index (χ4v) is 1.38. The summed E-state index contributed by atoms with van der Waals surface area (Å²) in [6, 6.07) is 2.20. The molecule has 0 N–H and O–H groups in total. The van der Waals surface area contributed by atoms with Crippen molar-refractivity contribution in [2.45, 2.75) is 18.9 Å². The van der Waals surface area contributed by atoms with Crippen LogP contribution < -0.4 is 0 Å². The summed E-state index contributed by atoms with van der Waals surface area (Å²) in [5.74, 6) is 1.58. The maximum atomic E-state index is 8.64. The normalized spacial score (nSPS) is 25.0. The average molecular weight is 192 g/mol. The minimum absolute atomic E-state index is 0.0858. The van der Waals surface area contributed by atoms with Gasteiger partial charge < -0.3 is 9.42 Å². The quantitative estimate of drug-likeness (QED) is 0.707. The summed E-state index contributed by atoms with van der Waals surface area (Å²) < 4.78 is 5.08. The largest absolute Gasteiger partial charge is 0.339 e. The molecule has 2 rings (SSSR count). The zero-order valence-corrected chi connectivity index (χ0v) is 8.27. The third-order valence-corrected chi connectivity index (χ3v) is 2.21. The number of aromatic nitrogens is 2. The second-order valence-electron chi connectivity index (χ2n) is 3.86. The summed E-state index contributed by atoms with van der Waals surface area (Å²) in [5, 5.41) is 12.5. The Morgan fingerprint density at radius 1 is 1.64 bits per heavy atom. The zero-order valence-electron chi connectivity index (χ0n) is 8.27. The Labute approximate surface area is 82.3 Å². The van der Waals surface area contributed by atoms with Crippen LogP contribution in [0.4, 0.5) is 0 Å². The van der Waals surface area contributed by atoms with Gasteiger partial charge in [-0.1, -0.05) is 5.16 Å². The van der Waals surface area contributed by atoms with Gasteiger partial charge in [0.15, 0.2) is 5.82 Å². The first kappa shape index (κ1) is 9.16. The van der Waals surface area contributed by atoms with Gasteiger partial charge in [-0.05, 0) is 20.5 Å². The first-order chi connectivity index (χ1) is 6.70. The van der Waals surface area contributed by atoms with Crippen molar-refractivity contribution in [2.75, 3.05) is 14.1 Å². The first-order valence-electron chi connectivity index (χ1n) is 4.57. The fraction of sp³-hybridized carbons (Fsp3) is 0.667. The van der Waals surface area contributed by atoms with Crippen LogP contribution in [-0.4, -0.2) is 29.1 Å². The molecule has 14 heavy (non-hydrogen) atoms. The van der Waals surface area contributed by atoms with Crippen LogP contribution in [0, 0.1) is 17.2 Å². The van der Waals surface area contributed by atoms with Crippen molar-refractivity contribution in [3.8, 4) is 6.07 Å². The van der Waals surface area contributed by atoms with E-state index in [0.717, 1.165) is 6.42 Å². The molecule has 0 aromatic carbocycles. The third kappa shape index (κ3) is 1.75. The van der Waals surface area contributed by atoms with Crippen LogP contribution in [0.15, 0.2) is 4.52 Å². The summed E-state index contributed by atoms with van der Waals surface area (Å²) in [5.41, 5.74) is 0.